The topological polar surface area (TPSA) is 98.0 Å². The standard InChI is InChI=1S/C26H19F3N4O3S/c1-16(37-25-31-21(18-7-3-2-4-8-18)15-23(32-25)26(27,28)29)24(34)30-19-13-11-17(12-14-19)20-9-5-6-10-22(20)33(35)36/h2-16H,1H3,(H,30,34)/t16-/m1/s1. The summed E-state index contributed by atoms with van der Waals surface area (Å²) in [6.07, 6.45) is -4.68. The highest BCUT2D eigenvalue weighted by atomic mass is 32.2. The molecule has 0 fully saturated rings. The minimum Gasteiger partial charge on any atom is -0.325 e. The van der Waals surface area contributed by atoms with Crippen molar-refractivity contribution in [3.8, 4) is 22.4 Å². The van der Waals surface area contributed by atoms with Gasteiger partial charge in [-0.1, -0.05) is 66.4 Å². The minimum atomic E-state index is -4.68. The molecule has 0 spiro atoms. The molecule has 3 aromatic carbocycles. The van der Waals surface area contributed by atoms with E-state index in [-0.39, 0.29) is 16.5 Å². The molecule has 0 unspecified atom stereocenters. The Balaban J connectivity index is 1.50. The van der Waals surface area contributed by atoms with Crippen molar-refractivity contribution in [1.82, 2.24) is 9.97 Å². The molecule has 0 saturated carbocycles. The van der Waals surface area contributed by atoms with Crippen molar-refractivity contribution in [3.63, 3.8) is 0 Å². The van der Waals surface area contributed by atoms with Gasteiger partial charge in [0.2, 0.25) is 5.91 Å². The molecule has 7 nitrogen and oxygen atoms in total. The first kappa shape index (κ1) is 25.8. The Morgan fingerprint density at radius 2 is 1.59 bits per heavy atom. The molecule has 1 aromatic heterocycles. The zero-order chi connectivity index (χ0) is 26.6. The number of para-hydroxylation sites is 1. The second kappa shape index (κ2) is 10.8. The van der Waals surface area contributed by atoms with Crippen LogP contribution in [0.2, 0.25) is 0 Å². The van der Waals surface area contributed by atoms with E-state index in [0.717, 1.165) is 17.8 Å². The van der Waals surface area contributed by atoms with E-state index in [1.54, 1.807) is 72.8 Å². The van der Waals surface area contributed by atoms with E-state index in [1.807, 2.05) is 0 Å². The maximum Gasteiger partial charge on any atom is 0.433 e. The molecule has 11 heteroatoms. The third-order valence-electron chi connectivity index (χ3n) is 5.28. The van der Waals surface area contributed by atoms with Crippen molar-refractivity contribution in [2.24, 2.45) is 0 Å². The van der Waals surface area contributed by atoms with E-state index >= 15 is 0 Å². The second-order valence-corrected chi connectivity index (χ2v) is 9.19. The van der Waals surface area contributed by atoms with Crippen LogP contribution in [0.25, 0.3) is 22.4 Å². The largest absolute Gasteiger partial charge is 0.433 e. The molecule has 1 N–H and O–H groups in total. The fourth-order valence-corrected chi connectivity index (χ4v) is 4.23. The van der Waals surface area contributed by atoms with Gasteiger partial charge >= 0.3 is 6.18 Å². The summed E-state index contributed by atoms with van der Waals surface area (Å²) in [5.41, 5.74) is 0.914. The first-order valence-corrected chi connectivity index (χ1v) is 11.8. The maximum absolute atomic E-state index is 13.5. The molecule has 0 bridgehead atoms. The number of hydrogen-bond donors (Lipinski definition) is 1. The number of amides is 1. The summed E-state index contributed by atoms with van der Waals surface area (Å²) < 4.78 is 40.4. The van der Waals surface area contributed by atoms with Crippen molar-refractivity contribution in [2.75, 3.05) is 5.32 Å². The van der Waals surface area contributed by atoms with Crippen molar-refractivity contribution in [2.45, 2.75) is 23.5 Å². The van der Waals surface area contributed by atoms with Gasteiger partial charge in [0.05, 0.1) is 21.4 Å². The van der Waals surface area contributed by atoms with E-state index in [0.29, 0.717) is 22.4 Å². The van der Waals surface area contributed by atoms with Crippen LogP contribution >= 0.6 is 11.8 Å². The summed E-state index contributed by atoms with van der Waals surface area (Å²) in [6.45, 7) is 1.54. The van der Waals surface area contributed by atoms with Gasteiger partial charge in [0, 0.05) is 17.3 Å². The lowest BCUT2D eigenvalue weighted by Crippen LogP contribution is -2.23. The first-order valence-electron chi connectivity index (χ1n) is 10.9. The third-order valence-corrected chi connectivity index (χ3v) is 6.24. The molecule has 0 saturated heterocycles. The van der Waals surface area contributed by atoms with Crippen molar-refractivity contribution in [3.05, 3.63) is 101 Å². The monoisotopic (exact) mass is 524 g/mol. The third kappa shape index (κ3) is 6.31. The number of nitro groups is 1. The van der Waals surface area contributed by atoms with E-state index < -0.39 is 28.0 Å². The van der Waals surface area contributed by atoms with Crippen LogP contribution in [0.1, 0.15) is 12.6 Å². The van der Waals surface area contributed by atoms with E-state index in [1.165, 1.54) is 13.0 Å². The molecule has 1 atom stereocenters. The summed E-state index contributed by atoms with van der Waals surface area (Å²) in [4.78, 5) is 31.4. The lowest BCUT2D eigenvalue weighted by Gasteiger charge is -2.14. The van der Waals surface area contributed by atoms with Gasteiger partial charge in [0.15, 0.2) is 5.16 Å². The minimum absolute atomic E-state index is 0.0414. The highest BCUT2D eigenvalue weighted by Gasteiger charge is 2.34. The average Bonchev–Trinajstić information content (AvgIpc) is 2.89. The summed E-state index contributed by atoms with van der Waals surface area (Å²) in [6, 6.07) is 22.0. The Labute approximate surface area is 213 Å². The van der Waals surface area contributed by atoms with Crippen molar-refractivity contribution < 1.29 is 22.9 Å². The first-order chi connectivity index (χ1) is 17.6. The van der Waals surface area contributed by atoms with Crippen LogP contribution in [0.5, 0.6) is 0 Å². The van der Waals surface area contributed by atoms with Crippen LogP contribution in [-0.2, 0) is 11.0 Å². The summed E-state index contributed by atoms with van der Waals surface area (Å²) in [7, 11) is 0. The van der Waals surface area contributed by atoms with Crippen molar-refractivity contribution >= 4 is 29.0 Å². The molecule has 0 aliphatic rings. The van der Waals surface area contributed by atoms with Crippen LogP contribution in [0.15, 0.2) is 90.1 Å². The highest BCUT2D eigenvalue weighted by molar-refractivity contribution is 8.00. The van der Waals surface area contributed by atoms with Gasteiger partial charge < -0.3 is 5.32 Å². The number of nitro benzene ring substituents is 1. The predicted molar refractivity (Wildman–Crippen MR) is 135 cm³/mol. The lowest BCUT2D eigenvalue weighted by molar-refractivity contribution is -0.384. The van der Waals surface area contributed by atoms with Gasteiger partial charge in [-0.25, -0.2) is 9.97 Å². The number of anilines is 1. The molecule has 37 heavy (non-hydrogen) atoms. The Hall–Kier alpha value is -4.25. The van der Waals surface area contributed by atoms with Gasteiger partial charge in [-0.2, -0.15) is 13.2 Å². The number of rotatable bonds is 7. The molecular weight excluding hydrogens is 505 g/mol. The Bertz CT molecular complexity index is 1430. The van der Waals surface area contributed by atoms with Gasteiger partial charge in [-0.3, -0.25) is 14.9 Å². The van der Waals surface area contributed by atoms with Crippen LogP contribution in [0, 0.1) is 10.1 Å². The van der Waals surface area contributed by atoms with Gasteiger partial charge in [0.1, 0.15) is 5.69 Å². The van der Waals surface area contributed by atoms with Crippen LogP contribution in [0.4, 0.5) is 24.5 Å². The van der Waals surface area contributed by atoms with Crippen molar-refractivity contribution in [1.29, 1.82) is 0 Å². The number of carbonyl (C=O) groups is 1. The molecule has 4 rings (SSSR count). The predicted octanol–water partition coefficient (Wildman–Crippen LogP) is 6.86. The highest BCUT2D eigenvalue weighted by Crippen LogP contribution is 2.33. The smallest absolute Gasteiger partial charge is 0.325 e. The summed E-state index contributed by atoms with van der Waals surface area (Å²) in [5.74, 6) is -0.467. The number of aromatic nitrogens is 2. The molecule has 0 aliphatic carbocycles. The van der Waals surface area contributed by atoms with Crippen LogP contribution < -0.4 is 5.32 Å². The fourth-order valence-electron chi connectivity index (χ4n) is 3.45. The number of thioether (sulfide) groups is 1. The van der Waals surface area contributed by atoms with Crippen LogP contribution in [0.3, 0.4) is 0 Å². The number of alkyl halides is 3. The number of benzene rings is 3. The average molecular weight is 525 g/mol. The second-order valence-electron chi connectivity index (χ2n) is 7.89. The number of carbonyl (C=O) groups excluding carboxylic acids is 1. The number of nitrogens with zero attached hydrogens (tertiary/aromatic N) is 3. The zero-order valence-electron chi connectivity index (χ0n) is 19.3. The normalized spacial score (nSPS) is 12.1. The Morgan fingerprint density at radius 3 is 2.24 bits per heavy atom. The summed E-state index contributed by atoms with van der Waals surface area (Å²) in [5, 5.41) is 13.0. The van der Waals surface area contributed by atoms with Crippen LogP contribution in [-0.4, -0.2) is 26.0 Å². The molecular formula is C26H19F3N4O3S. The molecule has 4 aromatic rings. The molecule has 1 amide bonds. The number of halogens is 3. The molecule has 0 aliphatic heterocycles. The maximum atomic E-state index is 13.5. The van der Waals surface area contributed by atoms with Gasteiger partial charge in [-0.15, -0.1) is 0 Å². The summed E-state index contributed by atoms with van der Waals surface area (Å²) >= 11 is 0.806. The van der Waals surface area contributed by atoms with E-state index in [4.69, 9.17) is 0 Å². The molecule has 188 valence electrons. The zero-order valence-corrected chi connectivity index (χ0v) is 20.1. The lowest BCUT2D eigenvalue weighted by atomic mass is 10.0. The molecule has 1 heterocycles. The number of nitrogens with one attached hydrogen (secondary N) is 1. The SMILES string of the molecule is C[C@@H](Sc1nc(-c2ccccc2)cc(C(F)(F)F)n1)C(=O)Nc1ccc(-c2ccccc2[N+](=O)[O-])cc1. The Morgan fingerprint density at radius 1 is 0.946 bits per heavy atom. The van der Waals surface area contributed by atoms with E-state index in [9.17, 15) is 28.1 Å². The fraction of sp³-hybridized carbons (Fsp3) is 0.115. The van der Waals surface area contributed by atoms with E-state index in [2.05, 4.69) is 15.3 Å². The quantitative estimate of drug-likeness (QED) is 0.123. The van der Waals surface area contributed by atoms with Gasteiger partial charge in [0.25, 0.3) is 5.69 Å². The Kier molecular flexibility index (Phi) is 7.53. The number of hydrogen-bond acceptors (Lipinski definition) is 6. The van der Waals surface area contributed by atoms with Gasteiger partial charge in [-0.05, 0) is 36.8 Å². The molecule has 0 radical (unpaired) electrons.